The molecule has 1 N–H and O–H groups in total. The Morgan fingerprint density at radius 3 is 2.26 bits per heavy atom. The van der Waals surface area contributed by atoms with Crippen LogP contribution in [0.5, 0.6) is 5.75 Å². The number of carbonyl (C=O) groups is 2. The minimum Gasteiger partial charge on any atom is -0.507 e. The lowest BCUT2D eigenvalue weighted by molar-refractivity contribution is -0.132. The summed E-state index contributed by atoms with van der Waals surface area (Å²) in [6, 6.07) is 25.6. The van der Waals surface area contributed by atoms with Crippen LogP contribution in [0.4, 0.5) is 11.4 Å². The Labute approximate surface area is 245 Å². The van der Waals surface area contributed by atoms with Gasteiger partial charge < -0.3 is 14.7 Å². The number of rotatable bonds is 7. The molecule has 212 valence electrons. The van der Waals surface area contributed by atoms with Gasteiger partial charge in [-0.05, 0) is 97.5 Å². The maximum Gasteiger partial charge on any atom is 0.300 e. The number of ketones is 1. The number of Topliss-reactive ketones (excluding diaryl/α,β-unsaturated/α-hetero) is 1. The standard InChI is InChI=1S/C35H33N3O4/c1-24-22-27(10-15-30(24)42-23-25-8-4-2-5-9-25)33(39)31-32(26-16-18-36-19-17-26)38(35(41)34(31)40)29-13-11-28(12-14-29)37-20-6-3-7-21-37/h2,4-5,8-19,22,32,39H,3,6-7,20-21,23H2,1H3/b33-31-. The van der Waals surface area contributed by atoms with E-state index in [1.165, 1.54) is 11.3 Å². The number of benzene rings is 3. The van der Waals surface area contributed by atoms with E-state index in [1.807, 2.05) is 61.5 Å². The summed E-state index contributed by atoms with van der Waals surface area (Å²) in [5, 5.41) is 11.6. The molecule has 1 atom stereocenters. The summed E-state index contributed by atoms with van der Waals surface area (Å²) in [5.74, 6) is -0.948. The van der Waals surface area contributed by atoms with Gasteiger partial charge in [0.25, 0.3) is 11.7 Å². The Kier molecular flexibility index (Phi) is 7.73. The van der Waals surface area contributed by atoms with Crippen molar-refractivity contribution >= 4 is 28.8 Å². The molecule has 0 saturated carbocycles. The molecule has 2 saturated heterocycles. The maximum atomic E-state index is 13.6. The van der Waals surface area contributed by atoms with Crippen LogP contribution in [0, 0.1) is 6.92 Å². The molecule has 0 bridgehead atoms. The van der Waals surface area contributed by atoms with Crippen LogP contribution in [0.2, 0.25) is 0 Å². The summed E-state index contributed by atoms with van der Waals surface area (Å²) in [4.78, 5) is 35.0. The number of aromatic nitrogens is 1. The fraction of sp³-hybridized carbons (Fsp3) is 0.229. The van der Waals surface area contributed by atoms with Gasteiger partial charge in [-0.3, -0.25) is 19.5 Å². The van der Waals surface area contributed by atoms with Crippen molar-refractivity contribution in [3.05, 3.63) is 125 Å². The van der Waals surface area contributed by atoms with Crippen LogP contribution in [-0.2, 0) is 16.2 Å². The zero-order chi connectivity index (χ0) is 29.1. The van der Waals surface area contributed by atoms with Crippen molar-refractivity contribution in [3.63, 3.8) is 0 Å². The molecule has 2 aliphatic heterocycles. The van der Waals surface area contributed by atoms with Crippen LogP contribution < -0.4 is 14.5 Å². The molecule has 7 nitrogen and oxygen atoms in total. The first kappa shape index (κ1) is 27.3. The number of hydrogen-bond donors (Lipinski definition) is 1. The lowest BCUT2D eigenvalue weighted by Crippen LogP contribution is -2.30. The minimum atomic E-state index is -0.803. The van der Waals surface area contributed by atoms with Crippen molar-refractivity contribution in [3.8, 4) is 5.75 Å². The Balaban J connectivity index is 1.34. The number of aliphatic hydroxyl groups excluding tert-OH is 1. The smallest absolute Gasteiger partial charge is 0.300 e. The predicted molar refractivity (Wildman–Crippen MR) is 163 cm³/mol. The highest BCUT2D eigenvalue weighted by Crippen LogP contribution is 2.42. The number of hydrogen-bond acceptors (Lipinski definition) is 6. The summed E-state index contributed by atoms with van der Waals surface area (Å²) in [5.41, 5.74) is 4.72. The lowest BCUT2D eigenvalue weighted by Gasteiger charge is -2.30. The zero-order valence-corrected chi connectivity index (χ0v) is 23.6. The number of pyridine rings is 1. The SMILES string of the molecule is Cc1cc(/C(O)=C2/C(=O)C(=O)N(c3ccc(N4CCCCC4)cc3)C2c2ccncc2)ccc1OCc1ccccc1. The lowest BCUT2D eigenvalue weighted by atomic mass is 9.95. The van der Waals surface area contributed by atoms with Crippen molar-refractivity contribution in [2.45, 2.75) is 38.8 Å². The largest absolute Gasteiger partial charge is 0.507 e. The summed E-state index contributed by atoms with van der Waals surface area (Å²) >= 11 is 0. The fourth-order valence-corrected chi connectivity index (χ4v) is 5.79. The van der Waals surface area contributed by atoms with Gasteiger partial charge in [0.1, 0.15) is 18.1 Å². The van der Waals surface area contributed by atoms with E-state index in [4.69, 9.17) is 4.74 Å². The Bertz CT molecular complexity index is 1610. The summed E-state index contributed by atoms with van der Waals surface area (Å²) in [7, 11) is 0. The number of anilines is 2. The molecule has 0 spiro atoms. The molecule has 1 amide bonds. The zero-order valence-electron chi connectivity index (χ0n) is 23.6. The van der Waals surface area contributed by atoms with E-state index in [1.54, 1.807) is 42.7 Å². The number of amides is 1. The van der Waals surface area contributed by atoms with E-state index in [-0.39, 0.29) is 11.3 Å². The Morgan fingerprint density at radius 1 is 0.881 bits per heavy atom. The second-order valence-corrected chi connectivity index (χ2v) is 10.8. The molecule has 1 unspecified atom stereocenters. The Morgan fingerprint density at radius 2 is 1.57 bits per heavy atom. The summed E-state index contributed by atoms with van der Waals surface area (Å²) in [6.07, 6.45) is 6.82. The van der Waals surface area contributed by atoms with Gasteiger partial charge in [-0.1, -0.05) is 30.3 Å². The molecular weight excluding hydrogens is 526 g/mol. The predicted octanol–water partition coefficient (Wildman–Crippen LogP) is 6.59. The van der Waals surface area contributed by atoms with E-state index < -0.39 is 17.7 Å². The molecule has 0 radical (unpaired) electrons. The molecule has 7 heteroatoms. The first-order chi connectivity index (χ1) is 20.5. The number of carbonyl (C=O) groups excluding carboxylic acids is 2. The third-order valence-corrected chi connectivity index (χ3v) is 8.00. The number of aryl methyl sites for hydroxylation is 1. The van der Waals surface area contributed by atoms with Crippen molar-refractivity contribution in [2.75, 3.05) is 22.9 Å². The third kappa shape index (κ3) is 5.38. The molecular formula is C35H33N3O4. The monoisotopic (exact) mass is 559 g/mol. The molecule has 2 fully saturated rings. The van der Waals surface area contributed by atoms with E-state index in [0.29, 0.717) is 29.2 Å². The van der Waals surface area contributed by atoms with Crippen molar-refractivity contribution in [1.82, 2.24) is 4.98 Å². The van der Waals surface area contributed by atoms with Gasteiger partial charge in [-0.25, -0.2) is 0 Å². The van der Waals surface area contributed by atoms with E-state index >= 15 is 0 Å². The highest BCUT2D eigenvalue weighted by molar-refractivity contribution is 6.51. The minimum absolute atomic E-state index is 0.0451. The van der Waals surface area contributed by atoms with E-state index in [2.05, 4.69) is 9.88 Å². The van der Waals surface area contributed by atoms with Crippen molar-refractivity contribution in [1.29, 1.82) is 0 Å². The first-order valence-corrected chi connectivity index (χ1v) is 14.3. The topological polar surface area (TPSA) is 83.0 Å². The number of ether oxygens (including phenoxy) is 1. The van der Waals surface area contributed by atoms with Gasteiger partial charge >= 0.3 is 0 Å². The van der Waals surface area contributed by atoms with Gasteiger partial charge in [0.05, 0.1) is 11.6 Å². The number of nitrogens with zero attached hydrogens (tertiary/aromatic N) is 3. The van der Waals surface area contributed by atoms with E-state index in [9.17, 15) is 14.7 Å². The molecule has 0 aliphatic carbocycles. The van der Waals surface area contributed by atoms with Gasteiger partial charge in [0.15, 0.2) is 0 Å². The Hall–Kier alpha value is -4.91. The van der Waals surface area contributed by atoms with Gasteiger partial charge in [0.2, 0.25) is 0 Å². The summed E-state index contributed by atoms with van der Waals surface area (Å²) < 4.78 is 6.00. The van der Waals surface area contributed by atoms with Crippen LogP contribution in [0.15, 0.2) is 103 Å². The van der Waals surface area contributed by atoms with Crippen molar-refractivity contribution < 1.29 is 19.4 Å². The van der Waals surface area contributed by atoms with Crippen LogP contribution in [-0.4, -0.2) is 34.9 Å². The third-order valence-electron chi connectivity index (χ3n) is 8.00. The van der Waals surface area contributed by atoms with Gasteiger partial charge in [-0.15, -0.1) is 0 Å². The van der Waals surface area contributed by atoms with Crippen LogP contribution in [0.3, 0.4) is 0 Å². The quantitative estimate of drug-likeness (QED) is 0.156. The average Bonchev–Trinajstić information content (AvgIpc) is 3.31. The molecule has 3 heterocycles. The highest BCUT2D eigenvalue weighted by atomic mass is 16.5. The first-order valence-electron chi connectivity index (χ1n) is 14.3. The molecule has 42 heavy (non-hydrogen) atoms. The second kappa shape index (κ2) is 11.9. The van der Waals surface area contributed by atoms with E-state index in [0.717, 1.165) is 42.7 Å². The van der Waals surface area contributed by atoms with Gasteiger partial charge in [-0.2, -0.15) is 0 Å². The van der Waals surface area contributed by atoms with Crippen molar-refractivity contribution in [2.24, 2.45) is 0 Å². The number of piperidine rings is 1. The molecule has 4 aromatic rings. The molecule has 3 aromatic carbocycles. The molecule has 6 rings (SSSR count). The van der Waals surface area contributed by atoms with Crippen LogP contribution in [0.25, 0.3) is 5.76 Å². The fourth-order valence-electron chi connectivity index (χ4n) is 5.79. The van der Waals surface area contributed by atoms with Crippen LogP contribution in [0.1, 0.15) is 47.6 Å². The summed E-state index contributed by atoms with van der Waals surface area (Å²) in [6.45, 7) is 4.32. The second-order valence-electron chi connectivity index (χ2n) is 10.8. The molecule has 2 aliphatic rings. The van der Waals surface area contributed by atoms with Crippen LogP contribution >= 0.6 is 0 Å². The molecule has 1 aromatic heterocycles. The number of aliphatic hydroxyl groups is 1. The average molecular weight is 560 g/mol. The highest BCUT2D eigenvalue weighted by Gasteiger charge is 2.47. The normalized spacial score (nSPS) is 18.4. The maximum absolute atomic E-state index is 13.6. The van der Waals surface area contributed by atoms with Gasteiger partial charge in [0, 0.05) is 42.4 Å².